The van der Waals surface area contributed by atoms with E-state index in [0.717, 1.165) is 25.9 Å². The van der Waals surface area contributed by atoms with E-state index in [-0.39, 0.29) is 0 Å². The summed E-state index contributed by atoms with van der Waals surface area (Å²) in [6.07, 6.45) is 4.40. The van der Waals surface area contributed by atoms with Gasteiger partial charge in [0.25, 0.3) is 0 Å². The predicted octanol–water partition coefficient (Wildman–Crippen LogP) is 0.990. The van der Waals surface area contributed by atoms with Gasteiger partial charge in [0.05, 0.1) is 18.3 Å². The zero-order chi connectivity index (χ0) is 12.4. The molecule has 2 rings (SSSR count). The van der Waals surface area contributed by atoms with Gasteiger partial charge in [0.15, 0.2) is 0 Å². The maximum Gasteiger partial charge on any atom is 0.0747 e. The molecule has 2 fully saturated rings. The molecule has 0 aromatic rings. The van der Waals surface area contributed by atoms with E-state index in [2.05, 4.69) is 25.8 Å². The summed E-state index contributed by atoms with van der Waals surface area (Å²) in [7, 11) is 2.17. The summed E-state index contributed by atoms with van der Waals surface area (Å²) in [6.45, 7) is 5.83. The Labute approximate surface area is 104 Å². The van der Waals surface area contributed by atoms with Crippen molar-refractivity contribution in [1.82, 2.24) is 4.90 Å². The highest BCUT2D eigenvalue weighted by atomic mass is 16.5. The molecule has 0 saturated carbocycles. The molecule has 5 unspecified atom stereocenters. The Hall–Kier alpha value is -0.160. The minimum atomic E-state index is 0.299. The molecule has 4 nitrogen and oxygen atoms in total. The molecule has 0 aliphatic carbocycles. The number of hydrogen-bond acceptors (Lipinski definition) is 4. The molecule has 0 aromatic carbocycles. The van der Waals surface area contributed by atoms with Gasteiger partial charge in [-0.2, -0.15) is 0 Å². The lowest BCUT2D eigenvalue weighted by Gasteiger charge is -2.36. The van der Waals surface area contributed by atoms with Crippen molar-refractivity contribution in [3.05, 3.63) is 0 Å². The first-order valence-corrected chi connectivity index (χ1v) is 6.82. The van der Waals surface area contributed by atoms with Crippen molar-refractivity contribution in [2.24, 2.45) is 5.73 Å². The zero-order valence-corrected chi connectivity index (χ0v) is 11.3. The first-order chi connectivity index (χ1) is 8.13. The fraction of sp³-hybridized carbons (Fsp3) is 1.00. The maximum absolute atomic E-state index is 5.97. The van der Waals surface area contributed by atoms with Gasteiger partial charge in [0, 0.05) is 25.2 Å². The molecule has 2 saturated heterocycles. The SMILES string of the molecule is CC1CCC(C(CN)N(C)C2CCOC2C)O1. The van der Waals surface area contributed by atoms with E-state index in [9.17, 15) is 0 Å². The fourth-order valence-electron chi connectivity index (χ4n) is 3.20. The van der Waals surface area contributed by atoms with Gasteiger partial charge in [-0.3, -0.25) is 4.90 Å². The van der Waals surface area contributed by atoms with Gasteiger partial charge < -0.3 is 15.2 Å². The normalized spacial score (nSPS) is 40.1. The quantitative estimate of drug-likeness (QED) is 0.798. The van der Waals surface area contributed by atoms with Crippen LogP contribution < -0.4 is 5.73 Å². The number of nitrogens with zero attached hydrogens (tertiary/aromatic N) is 1. The summed E-state index contributed by atoms with van der Waals surface area (Å²) < 4.78 is 11.6. The Bertz CT molecular complexity index is 250. The third-order valence-corrected chi connectivity index (χ3v) is 4.32. The molecular formula is C13H26N2O2. The third-order valence-electron chi connectivity index (χ3n) is 4.32. The maximum atomic E-state index is 5.97. The van der Waals surface area contributed by atoms with Crippen LogP contribution in [0.4, 0.5) is 0 Å². The summed E-state index contributed by atoms with van der Waals surface area (Å²) >= 11 is 0. The van der Waals surface area contributed by atoms with Crippen LogP contribution in [0.15, 0.2) is 0 Å². The van der Waals surface area contributed by atoms with E-state index in [1.807, 2.05) is 0 Å². The fourth-order valence-corrected chi connectivity index (χ4v) is 3.20. The van der Waals surface area contributed by atoms with Crippen LogP contribution in [-0.4, -0.2) is 55.5 Å². The van der Waals surface area contributed by atoms with Gasteiger partial charge in [0.1, 0.15) is 0 Å². The Kier molecular flexibility index (Phi) is 4.42. The second-order valence-corrected chi connectivity index (χ2v) is 5.46. The molecular weight excluding hydrogens is 216 g/mol. The van der Waals surface area contributed by atoms with Crippen molar-refractivity contribution in [1.29, 1.82) is 0 Å². The second kappa shape index (κ2) is 5.65. The van der Waals surface area contributed by atoms with Gasteiger partial charge >= 0.3 is 0 Å². The van der Waals surface area contributed by atoms with E-state index in [0.29, 0.717) is 36.9 Å². The first kappa shape index (κ1) is 13.3. The Balaban J connectivity index is 1.97. The van der Waals surface area contributed by atoms with Crippen LogP contribution in [0, 0.1) is 0 Å². The van der Waals surface area contributed by atoms with Crippen LogP contribution in [-0.2, 0) is 9.47 Å². The van der Waals surface area contributed by atoms with E-state index >= 15 is 0 Å². The average molecular weight is 242 g/mol. The Morgan fingerprint density at radius 2 is 2.06 bits per heavy atom. The van der Waals surface area contributed by atoms with Crippen LogP contribution in [0.1, 0.15) is 33.1 Å². The van der Waals surface area contributed by atoms with E-state index < -0.39 is 0 Å². The van der Waals surface area contributed by atoms with E-state index in [1.165, 1.54) is 0 Å². The molecule has 2 aliphatic rings. The standard InChI is InChI=1S/C13H26N2O2/c1-9-4-5-13(17-9)12(8-14)15(3)11-6-7-16-10(11)2/h9-13H,4-8,14H2,1-3H3. The number of nitrogens with two attached hydrogens (primary N) is 1. The molecule has 100 valence electrons. The predicted molar refractivity (Wildman–Crippen MR) is 68.0 cm³/mol. The highest BCUT2D eigenvalue weighted by molar-refractivity contribution is 4.90. The molecule has 0 radical (unpaired) electrons. The molecule has 17 heavy (non-hydrogen) atoms. The molecule has 2 aliphatic heterocycles. The molecule has 5 atom stereocenters. The van der Waals surface area contributed by atoms with Crippen molar-refractivity contribution < 1.29 is 9.47 Å². The Morgan fingerprint density at radius 1 is 1.29 bits per heavy atom. The molecule has 0 spiro atoms. The monoisotopic (exact) mass is 242 g/mol. The molecule has 2 N–H and O–H groups in total. The average Bonchev–Trinajstić information content (AvgIpc) is 2.88. The number of ether oxygens (including phenoxy) is 2. The lowest BCUT2D eigenvalue weighted by molar-refractivity contribution is -0.0185. The highest BCUT2D eigenvalue weighted by Crippen LogP contribution is 2.27. The first-order valence-electron chi connectivity index (χ1n) is 6.82. The summed E-state index contributed by atoms with van der Waals surface area (Å²) in [5.41, 5.74) is 5.95. The van der Waals surface area contributed by atoms with Crippen molar-refractivity contribution in [3.8, 4) is 0 Å². The minimum Gasteiger partial charge on any atom is -0.377 e. The van der Waals surface area contributed by atoms with Gasteiger partial charge in [0.2, 0.25) is 0 Å². The third kappa shape index (κ3) is 2.81. The molecule has 4 heteroatoms. The summed E-state index contributed by atoms with van der Waals surface area (Å²) in [5.74, 6) is 0. The van der Waals surface area contributed by atoms with Crippen molar-refractivity contribution in [2.45, 2.75) is 63.5 Å². The minimum absolute atomic E-state index is 0.299. The van der Waals surface area contributed by atoms with Crippen LogP contribution in [0.2, 0.25) is 0 Å². The summed E-state index contributed by atoms with van der Waals surface area (Å²) in [4.78, 5) is 2.39. The molecule has 2 heterocycles. The molecule has 0 aromatic heterocycles. The largest absolute Gasteiger partial charge is 0.377 e. The summed E-state index contributed by atoms with van der Waals surface area (Å²) in [6, 6.07) is 0.817. The highest BCUT2D eigenvalue weighted by Gasteiger charge is 2.37. The van der Waals surface area contributed by atoms with Crippen molar-refractivity contribution >= 4 is 0 Å². The van der Waals surface area contributed by atoms with Crippen LogP contribution >= 0.6 is 0 Å². The van der Waals surface area contributed by atoms with E-state index in [1.54, 1.807) is 0 Å². The van der Waals surface area contributed by atoms with Crippen LogP contribution in [0.3, 0.4) is 0 Å². The molecule has 0 bridgehead atoms. The second-order valence-electron chi connectivity index (χ2n) is 5.46. The van der Waals surface area contributed by atoms with Gasteiger partial charge in [-0.05, 0) is 40.2 Å². The van der Waals surface area contributed by atoms with Crippen LogP contribution in [0.25, 0.3) is 0 Å². The zero-order valence-electron chi connectivity index (χ0n) is 11.3. The number of likely N-dealkylation sites (N-methyl/N-ethyl adjacent to an activating group) is 1. The summed E-state index contributed by atoms with van der Waals surface area (Å²) in [5, 5.41) is 0. The number of rotatable bonds is 4. The lowest BCUT2D eigenvalue weighted by Crippen LogP contribution is -2.52. The smallest absolute Gasteiger partial charge is 0.0747 e. The van der Waals surface area contributed by atoms with Crippen molar-refractivity contribution in [3.63, 3.8) is 0 Å². The Morgan fingerprint density at radius 3 is 2.53 bits per heavy atom. The topological polar surface area (TPSA) is 47.7 Å². The van der Waals surface area contributed by atoms with Gasteiger partial charge in [-0.1, -0.05) is 0 Å². The lowest BCUT2D eigenvalue weighted by atomic mass is 10.0. The van der Waals surface area contributed by atoms with Gasteiger partial charge in [-0.15, -0.1) is 0 Å². The van der Waals surface area contributed by atoms with Gasteiger partial charge in [-0.25, -0.2) is 0 Å². The molecule has 0 amide bonds. The van der Waals surface area contributed by atoms with Crippen molar-refractivity contribution in [2.75, 3.05) is 20.2 Å². The van der Waals surface area contributed by atoms with Crippen LogP contribution in [0.5, 0.6) is 0 Å². The van der Waals surface area contributed by atoms with E-state index in [4.69, 9.17) is 15.2 Å². The number of hydrogen-bond donors (Lipinski definition) is 1.